The standard InChI is InChI=1S/C18H19NO5.K/c1-8-13(12-6-4-11(5-7-12)9(2)20)16(18(23)24)19-15(8)14(10(3)21)17(19)22;/h4-8,10,14-15,21H,1-3H3,(H,23,24);/q;+1/p-1/t8-,10+,14+,15+;/m0./s1. The fourth-order valence-corrected chi connectivity index (χ4v) is 3.83. The monoisotopic (exact) mass is 367 g/mol. The Kier molecular flexibility index (Phi) is 6.08. The van der Waals surface area contributed by atoms with E-state index in [1.807, 2.05) is 6.92 Å². The first-order valence-electron chi connectivity index (χ1n) is 7.83. The Labute approximate surface area is 188 Å². The number of amides is 1. The van der Waals surface area contributed by atoms with Gasteiger partial charge in [0.25, 0.3) is 0 Å². The first-order valence-corrected chi connectivity index (χ1v) is 7.83. The summed E-state index contributed by atoms with van der Waals surface area (Å²) in [5, 5.41) is 21.5. The molecule has 2 aliphatic rings. The predicted octanol–water partition coefficient (Wildman–Crippen LogP) is -2.79. The maximum absolute atomic E-state index is 12.3. The number of carbonyl (C=O) groups excluding carboxylic acids is 3. The third kappa shape index (κ3) is 3.18. The van der Waals surface area contributed by atoms with Gasteiger partial charge in [0.15, 0.2) is 5.78 Å². The molecule has 1 amide bonds. The van der Waals surface area contributed by atoms with Crippen molar-refractivity contribution >= 4 is 23.2 Å². The van der Waals surface area contributed by atoms with E-state index in [1.54, 1.807) is 24.3 Å². The van der Waals surface area contributed by atoms with Crippen molar-refractivity contribution in [3.63, 3.8) is 0 Å². The van der Waals surface area contributed by atoms with Gasteiger partial charge in [-0.3, -0.25) is 9.59 Å². The number of β-lactam (4-membered cyclic amide) rings is 1. The number of hydrogen-bond acceptors (Lipinski definition) is 5. The van der Waals surface area contributed by atoms with Crippen molar-refractivity contribution in [3.8, 4) is 0 Å². The average Bonchev–Trinajstić information content (AvgIpc) is 2.76. The molecule has 4 atom stereocenters. The maximum Gasteiger partial charge on any atom is 1.00 e. The quantitative estimate of drug-likeness (QED) is 0.353. The van der Waals surface area contributed by atoms with Crippen LogP contribution in [0.1, 0.15) is 36.7 Å². The van der Waals surface area contributed by atoms with E-state index in [9.17, 15) is 24.6 Å². The molecule has 3 rings (SSSR count). The number of Topliss-reactive ketones (excluding diaryl/α,β-unsaturated/α-hetero) is 1. The first-order chi connectivity index (χ1) is 11.3. The van der Waals surface area contributed by atoms with E-state index in [0.29, 0.717) is 16.7 Å². The van der Waals surface area contributed by atoms with Crippen LogP contribution in [0.4, 0.5) is 0 Å². The number of nitrogens with zero attached hydrogens (tertiary/aromatic N) is 1. The smallest absolute Gasteiger partial charge is 0.543 e. The van der Waals surface area contributed by atoms with Crippen LogP contribution in [-0.2, 0) is 9.59 Å². The Morgan fingerprint density at radius 3 is 2.24 bits per heavy atom. The maximum atomic E-state index is 12.3. The van der Waals surface area contributed by atoms with Crippen molar-refractivity contribution in [2.75, 3.05) is 0 Å². The van der Waals surface area contributed by atoms with Gasteiger partial charge in [0, 0.05) is 11.5 Å². The molecule has 25 heavy (non-hydrogen) atoms. The van der Waals surface area contributed by atoms with Crippen molar-refractivity contribution in [2.45, 2.75) is 32.9 Å². The Balaban J connectivity index is 0.00000225. The van der Waals surface area contributed by atoms with Gasteiger partial charge in [-0.1, -0.05) is 31.2 Å². The van der Waals surface area contributed by atoms with E-state index in [0.717, 1.165) is 0 Å². The Bertz CT molecular complexity index is 768. The van der Waals surface area contributed by atoms with Gasteiger partial charge in [0.2, 0.25) is 5.91 Å². The number of carboxylic acid groups (broad SMARTS) is 1. The molecule has 0 aromatic heterocycles. The molecule has 1 aromatic carbocycles. The third-order valence-electron chi connectivity index (χ3n) is 4.97. The molecule has 1 N–H and O–H groups in total. The number of carboxylic acids is 1. The molecular weight excluding hydrogens is 349 g/mol. The van der Waals surface area contributed by atoms with Gasteiger partial charge in [0.1, 0.15) is 0 Å². The van der Waals surface area contributed by atoms with E-state index in [4.69, 9.17) is 0 Å². The van der Waals surface area contributed by atoms with Crippen LogP contribution in [0, 0.1) is 11.8 Å². The summed E-state index contributed by atoms with van der Waals surface area (Å²) in [5.41, 5.74) is 1.54. The molecule has 1 saturated heterocycles. The van der Waals surface area contributed by atoms with Gasteiger partial charge >= 0.3 is 51.4 Å². The number of ketones is 1. The SMILES string of the molecule is CC(=O)c1ccc(C2=C(C(=O)[O-])N3C(=O)[C@H]([C@@H](C)O)[C@H]3[C@H]2C)cc1.[K+]. The summed E-state index contributed by atoms with van der Waals surface area (Å²) in [6.45, 7) is 4.82. The number of carbonyl (C=O) groups is 3. The van der Waals surface area contributed by atoms with Gasteiger partial charge < -0.3 is 19.9 Å². The van der Waals surface area contributed by atoms with Gasteiger partial charge in [0.05, 0.1) is 29.7 Å². The molecule has 0 saturated carbocycles. The molecule has 0 aliphatic carbocycles. The van der Waals surface area contributed by atoms with E-state index in [1.165, 1.54) is 18.7 Å². The largest absolute Gasteiger partial charge is 1.00 e. The summed E-state index contributed by atoms with van der Waals surface area (Å²) in [7, 11) is 0. The minimum absolute atomic E-state index is 0. The van der Waals surface area contributed by atoms with E-state index in [-0.39, 0.29) is 74.8 Å². The van der Waals surface area contributed by atoms with Gasteiger partial charge in [-0.15, -0.1) is 0 Å². The van der Waals surface area contributed by atoms with Crippen LogP contribution >= 0.6 is 0 Å². The summed E-state index contributed by atoms with van der Waals surface area (Å²) in [5.74, 6) is -2.74. The van der Waals surface area contributed by atoms with Crippen molar-refractivity contribution in [3.05, 3.63) is 41.1 Å². The average molecular weight is 367 g/mol. The number of aliphatic hydroxyl groups excluding tert-OH is 1. The molecule has 126 valence electrons. The zero-order chi connectivity index (χ0) is 17.8. The molecule has 6 nitrogen and oxygen atoms in total. The van der Waals surface area contributed by atoms with Gasteiger partial charge in [-0.25, -0.2) is 0 Å². The normalized spacial score (nSPS) is 25.8. The molecule has 1 fully saturated rings. The van der Waals surface area contributed by atoms with Crippen molar-refractivity contribution < 1.29 is 76.0 Å². The minimum Gasteiger partial charge on any atom is -0.543 e. The molecule has 0 radical (unpaired) electrons. The summed E-state index contributed by atoms with van der Waals surface area (Å²) >= 11 is 0. The van der Waals surface area contributed by atoms with Crippen LogP contribution < -0.4 is 56.5 Å². The van der Waals surface area contributed by atoms with Gasteiger partial charge in [-0.2, -0.15) is 0 Å². The number of benzene rings is 1. The van der Waals surface area contributed by atoms with Crippen LogP contribution in [0.5, 0.6) is 0 Å². The van der Waals surface area contributed by atoms with Crippen LogP contribution in [0.3, 0.4) is 0 Å². The summed E-state index contributed by atoms with van der Waals surface area (Å²) < 4.78 is 0. The second-order valence-electron chi connectivity index (χ2n) is 6.44. The van der Waals surface area contributed by atoms with Crippen LogP contribution in [0.15, 0.2) is 30.0 Å². The van der Waals surface area contributed by atoms with Crippen LogP contribution in [-0.4, -0.2) is 39.8 Å². The second-order valence-corrected chi connectivity index (χ2v) is 6.44. The number of fused-ring (bicyclic) bond motifs is 1. The first kappa shape index (κ1) is 20.5. The third-order valence-corrected chi connectivity index (χ3v) is 4.97. The summed E-state index contributed by atoms with van der Waals surface area (Å²) in [6.07, 6.45) is -0.844. The number of rotatable bonds is 4. The van der Waals surface area contributed by atoms with Crippen LogP contribution in [0.2, 0.25) is 0 Å². The summed E-state index contributed by atoms with van der Waals surface area (Å²) in [4.78, 5) is 36.5. The second kappa shape index (κ2) is 7.42. The van der Waals surface area contributed by atoms with Crippen LogP contribution in [0.25, 0.3) is 5.57 Å². The molecule has 7 heteroatoms. The molecule has 2 aliphatic heterocycles. The number of aliphatic carboxylic acids is 1. The number of hydrogen-bond donors (Lipinski definition) is 1. The fraction of sp³-hybridized carbons (Fsp3) is 0.389. The Morgan fingerprint density at radius 2 is 1.80 bits per heavy atom. The van der Waals surface area contributed by atoms with E-state index < -0.39 is 23.9 Å². The number of aliphatic hydroxyl groups is 1. The molecule has 1 aromatic rings. The molecule has 0 spiro atoms. The molecule has 0 unspecified atom stereocenters. The van der Waals surface area contributed by atoms with E-state index >= 15 is 0 Å². The van der Waals surface area contributed by atoms with Crippen molar-refractivity contribution in [1.29, 1.82) is 0 Å². The van der Waals surface area contributed by atoms with E-state index in [2.05, 4.69) is 0 Å². The Morgan fingerprint density at radius 1 is 1.24 bits per heavy atom. The topological polar surface area (TPSA) is 97.7 Å². The molecule has 0 bridgehead atoms. The molecular formula is C18H18KNO5. The Hall–Kier alpha value is -0.834. The zero-order valence-electron chi connectivity index (χ0n) is 14.6. The van der Waals surface area contributed by atoms with Crippen molar-refractivity contribution in [1.82, 2.24) is 4.90 Å². The molecule has 2 heterocycles. The van der Waals surface area contributed by atoms with Gasteiger partial charge in [-0.05, 0) is 25.0 Å². The fourth-order valence-electron chi connectivity index (χ4n) is 3.83. The van der Waals surface area contributed by atoms with Crippen molar-refractivity contribution in [2.24, 2.45) is 11.8 Å². The predicted molar refractivity (Wildman–Crippen MR) is 83.3 cm³/mol. The zero-order valence-corrected chi connectivity index (χ0v) is 17.8. The minimum atomic E-state index is -1.41. The summed E-state index contributed by atoms with van der Waals surface area (Å²) in [6, 6.07) is 6.24.